The summed E-state index contributed by atoms with van der Waals surface area (Å²) in [6, 6.07) is 13.8. The van der Waals surface area contributed by atoms with Crippen molar-refractivity contribution in [1.29, 1.82) is 0 Å². The molecule has 0 radical (unpaired) electrons. The molecule has 0 bridgehead atoms. The van der Waals surface area contributed by atoms with Crippen LogP contribution in [-0.2, 0) is 13.6 Å². The first kappa shape index (κ1) is 15.1. The molecule has 23 heavy (non-hydrogen) atoms. The van der Waals surface area contributed by atoms with Crippen LogP contribution < -0.4 is 10.6 Å². The van der Waals surface area contributed by atoms with Crippen LogP contribution in [0, 0.1) is 6.92 Å². The minimum Gasteiger partial charge on any atom is -0.381 e. The number of benzene rings is 2. The lowest BCUT2D eigenvalue weighted by Gasteiger charge is -2.08. The highest BCUT2D eigenvalue weighted by Gasteiger charge is 2.06. The minimum absolute atomic E-state index is 0.0720. The molecule has 0 unspecified atom stereocenters. The molecule has 0 aliphatic carbocycles. The molecule has 1 aromatic heterocycles. The van der Waals surface area contributed by atoms with Crippen LogP contribution in [0.4, 0.5) is 5.69 Å². The number of anilines is 1. The fourth-order valence-corrected chi connectivity index (χ4v) is 2.60. The Hall–Kier alpha value is -2.82. The predicted octanol–water partition coefficient (Wildman–Crippen LogP) is 2.85. The third-order valence-electron chi connectivity index (χ3n) is 4.02. The summed E-state index contributed by atoms with van der Waals surface area (Å²) < 4.78 is 2.08. The van der Waals surface area contributed by atoms with Gasteiger partial charge in [-0.1, -0.05) is 12.1 Å². The van der Waals surface area contributed by atoms with Crippen molar-refractivity contribution in [2.24, 2.45) is 7.05 Å². The summed E-state index contributed by atoms with van der Waals surface area (Å²) in [7, 11) is 3.65. The van der Waals surface area contributed by atoms with Crippen molar-refractivity contribution < 1.29 is 4.79 Å². The van der Waals surface area contributed by atoms with E-state index in [9.17, 15) is 4.79 Å². The number of fused-ring (bicyclic) bond motifs is 1. The second kappa shape index (κ2) is 6.12. The molecule has 1 heterocycles. The summed E-state index contributed by atoms with van der Waals surface area (Å²) in [6.45, 7) is 2.65. The SMILES string of the molecule is CNC(=O)c1cccc(CNc2ccc3c(c2)nc(C)n3C)c1. The molecule has 3 rings (SSSR count). The van der Waals surface area contributed by atoms with Crippen LogP contribution in [0.25, 0.3) is 11.0 Å². The van der Waals surface area contributed by atoms with E-state index in [1.165, 1.54) is 0 Å². The van der Waals surface area contributed by atoms with Crippen LogP contribution in [0.2, 0.25) is 0 Å². The van der Waals surface area contributed by atoms with Crippen LogP contribution >= 0.6 is 0 Å². The summed E-state index contributed by atoms with van der Waals surface area (Å²) in [5.74, 6) is 0.924. The Morgan fingerprint density at radius 3 is 2.83 bits per heavy atom. The molecule has 5 heteroatoms. The molecule has 0 fully saturated rings. The Bertz CT molecular complexity index is 867. The maximum Gasteiger partial charge on any atom is 0.251 e. The lowest BCUT2D eigenvalue weighted by Crippen LogP contribution is -2.17. The molecule has 5 nitrogen and oxygen atoms in total. The van der Waals surface area contributed by atoms with Gasteiger partial charge in [0.25, 0.3) is 5.91 Å². The number of hydrogen-bond acceptors (Lipinski definition) is 3. The predicted molar refractivity (Wildman–Crippen MR) is 92.6 cm³/mol. The van der Waals surface area contributed by atoms with Crippen molar-refractivity contribution in [3.8, 4) is 0 Å². The monoisotopic (exact) mass is 308 g/mol. The van der Waals surface area contributed by atoms with Crippen molar-refractivity contribution in [2.45, 2.75) is 13.5 Å². The van der Waals surface area contributed by atoms with Crippen LogP contribution in [0.15, 0.2) is 42.5 Å². The number of carbonyl (C=O) groups is 1. The van der Waals surface area contributed by atoms with Crippen molar-refractivity contribution >= 4 is 22.6 Å². The molecule has 0 aliphatic rings. The number of imidazole rings is 1. The molecular weight excluding hydrogens is 288 g/mol. The van der Waals surface area contributed by atoms with Crippen LogP contribution in [0.1, 0.15) is 21.7 Å². The summed E-state index contributed by atoms with van der Waals surface area (Å²) >= 11 is 0. The van der Waals surface area contributed by atoms with E-state index < -0.39 is 0 Å². The van der Waals surface area contributed by atoms with Gasteiger partial charge in [-0.15, -0.1) is 0 Å². The standard InChI is InChI=1S/C18H20N4O/c1-12-21-16-10-15(7-8-17(16)22(12)3)20-11-13-5-4-6-14(9-13)18(23)19-2/h4-10,20H,11H2,1-3H3,(H,19,23). The second-order valence-electron chi connectivity index (χ2n) is 5.55. The van der Waals surface area contributed by atoms with Gasteiger partial charge in [-0.05, 0) is 42.8 Å². The quantitative estimate of drug-likeness (QED) is 0.779. The van der Waals surface area contributed by atoms with Gasteiger partial charge >= 0.3 is 0 Å². The van der Waals surface area contributed by atoms with Gasteiger partial charge < -0.3 is 15.2 Å². The topological polar surface area (TPSA) is 59.0 Å². The van der Waals surface area contributed by atoms with E-state index in [1.54, 1.807) is 7.05 Å². The highest BCUT2D eigenvalue weighted by molar-refractivity contribution is 5.94. The smallest absolute Gasteiger partial charge is 0.251 e. The van der Waals surface area contributed by atoms with Crippen molar-refractivity contribution in [2.75, 3.05) is 12.4 Å². The minimum atomic E-state index is -0.0720. The first-order valence-electron chi connectivity index (χ1n) is 7.56. The van der Waals surface area contributed by atoms with Gasteiger partial charge in [0.15, 0.2) is 0 Å². The van der Waals surface area contributed by atoms with Gasteiger partial charge in [-0.2, -0.15) is 0 Å². The first-order valence-corrected chi connectivity index (χ1v) is 7.56. The Balaban J connectivity index is 1.77. The number of aryl methyl sites for hydroxylation is 2. The number of amides is 1. The fourth-order valence-electron chi connectivity index (χ4n) is 2.60. The third-order valence-corrected chi connectivity index (χ3v) is 4.02. The number of hydrogen-bond donors (Lipinski definition) is 2. The van der Waals surface area contributed by atoms with E-state index in [0.29, 0.717) is 12.1 Å². The average Bonchev–Trinajstić information content (AvgIpc) is 2.86. The normalized spacial score (nSPS) is 10.7. The number of nitrogens with one attached hydrogen (secondary N) is 2. The summed E-state index contributed by atoms with van der Waals surface area (Å²) in [4.78, 5) is 16.2. The highest BCUT2D eigenvalue weighted by Crippen LogP contribution is 2.20. The largest absolute Gasteiger partial charge is 0.381 e. The Kier molecular flexibility index (Phi) is 4.02. The van der Waals surface area contributed by atoms with Crippen LogP contribution in [0.5, 0.6) is 0 Å². The van der Waals surface area contributed by atoms with Gasteiger partial charge in [-0.25, -0.2) is 4.98 Å². The van der Waals surface area contributed by atoms with Crippen LogP contribution in [0.3, 0.4) is 0 Å². The van der Waals surface area contributed by atoms with E-state index >= 15 is 0 Å². The van der Waals surface area contributed by atoms with E-state index in [-0.39, 0.29) is 5.91 Å². The average molecular weight is 308 g/mol. The summed E-state index contributed by atoms with van der Waals surface area (Å²) in [5.41, 5.74) is 4.84. The summed E-state index contributed by atoms with van der Waals surface area (Å²) in [5, 5.41) is 6.03. The number of rotatable bonds is 4. The van der Waals surface area contributed by atoms with Crippen molar-refractivity contribution in [1.82, 2.24) is 14.9 Å². The zero-order chi connectivity index (χ0) is 16.4. The third kappa shape index (κ3) is 3.04. The number of carbonyl (C=O) groups excluding carboxylic acids is 1. The van der Waals surface area contributed by atoms with Gasteiger partial charge in [0, 0.05) is 31.9 Å². The van der Waals surface area contributed by atoms with E-state index in [4.69, 9.17) is 0 Å². The molecule has 0 atom stereocenters. The van der Waals surface area contributed by atoms with Gasteiger partial charge in [0.2, 0.25) is 0 Å². The first-order chi connectivity index (χ1) is 11.1. The maximum absolute atomic E-state index is 11.7. The molecule has 3 aromatic rings. The number of aromatic nitrogens is 2. The fraction of sp³-hybridized carbons (Fsp3) is 0.222. The molecule has 118 valence electrons. The van der Waals surface area contributed by atoms with Crippen molar-refractivity contribution in [3.05, 3.63) is 59.4 Å². The zero-order valence-electron chi connectivity index (χ0n) is 13.6. The molecule has 0 saturated carbocycles. The van der Waals surface area contributed by atoms with E-state index in [1.807, 2.05) is 50.4 Å². The summed E-state index contributed by atoms with van der Waals surface area (Å²) in [6.07, 6.45) is 0. The van der Waals surface area contributed by atoms with Crippen molar-refractivity contribution in [3.63, 3.8) is 0 Å². The molecule has 2 aromatic carbocycles. The molecule has 0 saturated heterocycles. The van der Waals surface area contributed by atoms with Crippen LogP contribution in [-0.4, -0.2) is 22.5 Å². The highest BCUT2D eigenvalue weighted by atomic mass is 16.1. The molecule has 0 spiro atoms. The second-order valence-corrected chi connectivity index (χ2v) is 5.55. The van der Waals surface area contributed by atoms with Gasteiger partial charge in [0.1, 0.15) is 5.82 Å². The van der Waals surface area contributed by atoms with Gasteiger partial charge in [0.05, 0.1) is 11.0 Å². The molecular formula is C18H20N4O. The Morgan fingerprint density at radius 1 is 1.22 bits per heavy atom. The zero-order valence-corrected chi connectivity index (χ0v) is 13.6. The lowest BCUT2D eigenvalue weighted by atomic mass is 10.1. The number of nitrogens with zero attached hydrogens (tertiary/aromatic N) is 2. The Morgan fingerprint density at radius 2 is 2.04 bits per heavy atom. The lowest BCUT2D eigenvalue weighted by molar-refractivity contribution is 0.0963. The van der Waals surface area contributed by atoms with E-state index in [2.05, 4.69) is 26.3 Å². The molecule has 1 amide bonds. The van der Waals surface area contributed by atoms with E-state index in [0.717, 1.165) is 28.1 Å². The van der Waals surface area contributed by atoms with Gasteiger partial charge in [-0.3, -0.25) is 4.79 Å². The molecule has 0 aliphatic heterocycles. The Labute approximate surface area is 135 Å². The maximum atomic E-state index is 11.7. The molecule has 2 N–H and O–H groups in total.